The van der Waals surface area contributed by atoms with Crippen LogP contribution in [0.15, 0.2) is 0 Å². The van der Waals surface area contributed by atoms with Crippen molar-refractivity contribution in [2.45, 2.75) is 37.5 Å². The number of aliphatic carboxylic acids is 1. The Morgan fingerprint density at radius 3 is 2.77 bits per heavy atom. The second kappa shape index (κ2) is 2.96. The van der Waals surface area contributed by atoms with Crippen LogP contribution < -0.4 is 0 Å². The first-order chi connectivity index (χ1) is 6.11. The van der Waals surface area contributed by atoms with E-state index < -0.39 is 18.0 Å². The van der Waals surface area contributed by atoms with E-state index in [4.69, 9.17) is 5.11 Å². The van der Waals surface area contributed by atoms with Gasteiger partial charge < -0.3 is 10.2 Å². The molecule has 0 amide bonds. The Hall–Kier alpha value is -0.610. The van der Waals surface area contributed by atoms with Crippen molar-refractivity contribution in [3.05, 3.63) is 0 Å². The molecule has 0 aromatic carbocycles. The van der Waals surface area contributed by atoms with Crippen LogP contribution in [-0.2, 0) is 4.79 Å². The van der Waals surface area contributed by atoms with Crippen molar-refractivity contribution in [2.75, 3.05) is 7.05 Å². The fourth-order valence-corrected chi connectivity index (χ4v) is 2.77. The van der Waals surface area contributed by atoms with Crippen molar-refractivity contribution in [2.24, 2.45) is 5.92 Å². The molecule has 2 unspecified atom stereocenters. The molecule has 0 aliphatic carbocycles. The van der Waals surface area contributed by atoms with Gasteiger partial charge in [0.15, 0.2) is 0 Å². The number of fused-ring (bicyclic) bond motifs is 2. The molecule has 4 nitrogen and oxygen atoms in total. The molecule has 0 saturated carbocycles. The van der Waals surface area contributed by atoms with Crippen molar-refractivity contribution in [3.63, 3.8) is 0 Å². The van der Waals surface area contributed by atoms with Crippen LogP contribution in [0.4, 0.5) is 0 Å². The van der Waals surface area contributed by atoms with Gasteiger partial charge in [0.25, 0.3) is 0 Å². The number of hydrogen-bond donors (Lipinski definition) is 2. The van der Waals surface area contributed by atoms with Crippen molar-refractivity contribution >= 4 is 5.97 Å². The fourth-order valence-electron chi connectivity index (χ4n) is 2.77. The smallest absolute Gasteiger partial charge is 0.310 e. The molecule has 2 fully saturated rings. The third-order valence-corrected chi connectivity index (χ3v) is 3.52. The number of nitrogens with zero attached hydrogens (tertiary/aromatic N) is 1. The van der Waals surface area contributed by atoms with E-state index in [0.29, 0.717) is 12.5 Å². The molecule has 0 spiro atoms. The van der Waals surface area contributed by atoms with Gasteiger partial charge in [0.2, 0.25) is 0 Å². The minimum absolute atomic E-state index is 0.0475. The standard InChI is InChI=1S/C9H15NO3/c1-10-5-2-3-6(10)8(9(12)13)7(11)4-5/h5-8,11H,2-4H2,1H3,(H,12,13)/t5-,6+,7?,8?/m0/s1. The lowest BCUT2D eigenvalue weighted by Crippen LogP contribution is -2.51. The zero-order valence-electron chi connectivity index (χ0n) is 7.68. The average molecular weight is 185 g/mol. The third kappa shape index (κ3) is 1.25. The minimum Gasteiger partial charge on any atom is -0.481 e. The summed E-state index contributed by atoms with van der Waals surface area (Å²) < 4.78 is 0. The molecule has 4 atom stereocenters. The van der Waals surface area contributed by atoms with E-state index in [2.05, 4.69) is 4.90 Å². The van der Waals surface area contributed by atoms with Crippen molar-refractivity contribution in [3.8, 4) is 0 Å². The van der Waals surface area contributed by atoms with Crippen LogP contribution >= 0.6 is 0 Å². The molecule has 2 aliphatic rings. The Morgan fingerprint density at radius 2 is 2.15 bits per heavy atom. The van der Waals surface area contributed by atoms with Crippen LogP contribution in [0.3, 0.4) is 0 Å². The van der Waals surface area contributed by atoms with E-state index in [-0.39, 0.29) is 6.04 Å². The van der Waals surface area contributed by atoms with Crippen LogP contribution in [0.2, 0.25) is 0 Å². The summed E-state index contributed by atoms with van der Waals surface area (Å²) in [6, 6.07) is 0.446. The average Bonchev–Trinajstić information content (AvgIpc) is 2.34. The zero-order valence-corrected chi connectivity index (χ0v) is 7.68. The lowest BCUT2D eigenvalue weighted by Gasteiger charge is -2.38. The summed E-state index contributed by atoms with van der Waals surface area (Å²) in [6.45, 7) is 0. The van der Waals surface area contributed by atoms with Crippen LogP contribution in [-0.4, -0.2) is 46.3 Å². The van der Waals surface area contributed by atoms with Gasteiger partial charge in [-0.25, -0.2) is 0 Å². The molecule has 74 valence electrons. The normalized spacial score (nSPS) is 45.1. The summed E-state index contributed by atoms with van der Waals surface area (Å²) in [5.74, 6) is -1.44. The monoisotopic (exact) mass is 185 g/mol. The van der Waals surface area contributed by atoms with Gasteiger partial charge >= 0.3 is 5.97 Å². The highest BCUT2D eigenvalue weighted by molar-refractivity contribution is 5.72. The molecule has 0 aromatic heterocycles. The molecule has 2 heterocycles. The van der Waals surface area contributed by atoms with Gasteiger partial charge in [-0.1, -0.05) is 0 Å². The van der Waals surface area contributed by atoms with E-state index in [1.807, 2.05) is 7.05 Å². The molecule has 0 aromatic rings. The largest absolute Gasteiger partial charge is 0.481 e. The predicted molar refractivity (Wildman–Crippen MR) is 46.3 cm³/mol. The van der Waals surface area contributed by atoms with Gasteiger partial charge in [0.05, 0.1) is 12.0 Å². The third-order valence-electron chi connectivity index (χ3n) is 3.52. The maximum atomic E-state index is 10.9. The molecule has 2 rings (SSSR count). The van der Waals surface area contributed by atoms with Crippen LogP contribution in [0.25, 0.3) is 0 Å². The number of carboxylic acids is 1. The van der Waals surface area contributed by atoms with Crippen molar-refractivity contribution in [1.82, 2.24) is 4.90 Å². The van der Waals surface area contributed by atoms with Gasteiger partial charge in [0.1, 0.15) is 0 Å². The highest BCUT2D eigenvalue weighted by atomic mass is 16.4. The molecule has 0 radical (unpaired) electrons. The van der Waals surface area contributed by atoms with Gasteiger partial charge in [-0.3, -0.25) is 9.69 Å². The lowest BCUT2D eigenvalue weighted by atomic mass is 9.88. The van der Waals surface area contributed by atoms with E-state index in [9.17, 15) is 9.90 Å². The minimum atomic E-state index is -0.857. The predicted octanol–water partition coefficient (Wildman–Crippen LogP) is -0.0854. The Labute approximate surface area is 77.2 Å². The van der Waals surface area contributed by atoms with Crippen LogP contribution in [0, 0.1) is 5.92 Å². The topological polar surface area (TPSA) is 60.8 Å². The van der Waals surface area contributed by atoms with E-state index >= 15 is 0 Å². The molecule has 2 aliphatic heterocycles. The van der Waals surface area contributed by atoms with Gasteiger partial charge in [-0.05, 0) is 26.3 Å². The van der Waals surface area contributed by atoms with E-state index in [0.717, 1.165) is 12.8 Å². The van der Waals surface area contributed by atoms with Crippen LogP contribution in [0.1, 0.15) is 19.3 Å². The Kier molecular flexibility index (Phi) is 2.04. The van der Waals surface area contributed by atoms with Gasteiger partial charge in [-0.2, -0.15) is 0 Å². The summed E-state index contributed by atoms with van der Waals surface area (Å²) in [5, 5.41) is 18.6. The first-order valence-corrected chi connectivity index (χ1v) is 4.74. The highest BCUT2D eigenvalue weighted by Gasteiger charge is 2.48. The maximum Gasteiger partial charge on any atom is 0.310 e. The number of piperidine rings is 1. The summed E-state index contributed by atoms with van der Waals surface area (Å²) in [7, 11) is 1.96. The molecule has 2 saturated heterocycles. The summed E-state index contributed by atoms with van der Waals surface area (Å²) in [4.78, 5) is 13.0. The van der Waals surface area contributed by atoms with Crippen molar-refractivity contribution in [1.29, 1.82) is 0 Å². The number of rotatable bonds is 1. The highest BCUT2D eigenvalue weighted by Crippen LogP contribution is 2.38. The molecule has 2 bridgehead atoms. The summed E-state index contributed by atoms with van der Waals surface area (Å²) in [5.41, 5.74) is 0. The Morgan fingerprint density at radius 1 is 1.46 bits per heavy atom. The Bertz CT molecular complexity index is 231. The van der Waals surface area contributed by atoms with Crippen LogP contribution in [0.5, 0.6) is 0 Å². The fraction of sp³-hybridized carbons (Fsp3) is 0.889. The molecule has 2 N–H and O–H groups in total. The first kappa shape index (κ1) is 8.97. The first-order valence-electron chi connectivity index (χ1n) is 4.74. The maximum absolute atomic E-state index is 10.9. The quantitative estimate of drug-likeness (QED) is 0.599. The molecule has 4 heteroatoms. The number of carboxylic acid groups (broad SMARTS) is 1. The molecule has 13 heavy (non-hydrogen) atoms. The lowest BCUT2D eigenvalue weighted by molar-refractivity contribution is -0.151. The van der Waals surface area contributed by atoms with Gasteiger partial charge in [-0.15, -0.1) is 0 Å². The second-order valence-electron chi connectivity index (χ2n) is 4.13. The zero-order chi connectivity index (χ0) is 9.59. The second-order valence-corrected chi connectivity index (χ2v) is 4.13. The van der Waals surface area contributed by atoms with E-state index in [1.54, 1.807) is 0 Å². The summed E-state index contributed by atoms with van der Waals surface area (Å²) >= 11 is 0. The molecular formula is C9H15NO3. The number of hydrogen-bond acceptors (Lipinski definition) is 3. The van der Waals surface area contributed by atoms with E-state index in [1.165, 1.54) is 0 Å². The number of carbonyl (C=O) groups is 1. The summed E-state index contributed by atoms with van der Waals surface area (Å²) in [6.07, 6.45) is 1.91. The Balaban J connectivity index is 2.21. The SMILES string of the molecule is CN1[C@H]2CC[C@@H]1C(C(=O)O)C(O)C2. The number of aliphatic hydroxyl groups excluding tert-OH is 1. The van der Waals surface area contributed by atoms with Gasteiger partial charge in [0, 0.05) is 12.1 Å². The molecular weight excluding hydrogens is 170 g/mol. The number of aliphatic hydroxyl groups is 1. The van der Waals surface area contributed by atoms with Crippen molar-refractivity contribution < 1.29 is 15.0 Å².